The van der Waals surface area contributed by atoms with Crippen molar-refractivity contribution in [2.75, 3.05) is 22.8 Å². The monoisotopic (exact) mass is 494 g/mol. The van der Waals surface area contributed by atoms with Gasteiger partial charge in [0, 0.05) is 12.2 Å². The van der Waals surface area contributed by atoms with Crippen molar-refractivity contribution in [3.8, 4) is 0 Å². The number of amides is 1. The number of nitrogens with one attached hydrogen (secondary N) is 1. The highest BCUT2D eigenvalue weighted by molar-refractivity contribution is 7.92. The predicted molar refractivity (Wildman–Crippen MR) is 137 cm³/mol. The van der Waals surface area contributed by atoms with Gasteiger partial charge in [-0.3, -0.25) is 9.10 Å². The summed E-state index contributed by atoms with van der Waals surface area (Å²) < 4.78 is 33.3. The van der Waals surface area contributed by atoms with Gasteiger partial charge in [0.25, 0.3) is 15.9 Å². The number of nitrogens with zero attached hydrogens (tertiary/aromatic N) is 1. The Labute approximate surface area is 206 Å². The first kappa shape index (κ1) is 26.0. The van der Waals surface area contributed by atoms with Gasteiger partial charge in [-0.1, -0.05) is 49.4 Å². The van der Waals surface area contributed by atoms with Gasteiger partial charge in [-0.2, -0.15) is 0 Å². The molecular weight excluding hydrogens is 464 g/mol. The first-order valence-corrected chi connectivity index (χ1v) is 12.9. The van der Waals surface area contributed by atoms with Gasteiger partial charge in [-0.05, 0) is 68.1 Å². The molecule has 0 aliphatic carbocycles. The van der Waals surface area contributed by atoms with E-state index in [1.807, 2.05) is 38.1 Å². The van der Waals surface area contributed by atoms with Crippen molar-refractivity contribution in [3.05, 3.63) is 89.0 Å². The molecule has 0 aliphatic heterocycles. The minimum Gasteiger partial charge on any atom is -0.452 e. The van der Waals surface area contributed by atoms with Gasteiger partial charge >= 0.3 is 5.97 Å². The first-order valence-electron chi connectivity index (χ1n) is 11.4. The van der Waals surface area contributed by atoms with Crippen molar-refractivity contribution >= 4 is 33.3 Å². The molecule has 0 bridgehead atoms. The van der Waals surface area contributed by atoms with Gasteiger partial charge in [0.05, 0.1) is 16.1 Å². The molecule has 0 aliphatic rings. The third kappa shape index (κ3) is 5.89. The van der Waals surface area contributed by atoms with Crippen LogP contribution in [0, 0.1) is 13.8 Å². The van der Waals surface area contributed by atoms with Gasteiger partial charge in [0.1, 0.15) is 0 Å². The summed E-state index contributed by atoms with van der Waals surface area (Å²) in [5.41, 5.74) is 3.69. The summed E-state index contributed by atoms with van der Waals surface area (Å²) in [6, 6.07) is 18.9. The SMILES string of the molecule is CCc1cccc(C)c1NC(=O)COC(=O)c1ccc(C)c(S(=O)(=O)N(CC)c2ccccc2)c1. The smallest absolute Gasteiger partial charge is 0.338 e. The number of esters is 1. The Balaban J connectivity index is 1.77. The van der Waals surface area contributed by atoms with Crippen LogP contribution in [0.25, 0.3) is 0 Å². The maximum atomic E-state index is 13.4. The molecule has 0 aromatic heterocycles. The quantitative estimate of drug-likeness (QED) is 0.428. The minimum absolute atomic E-state index is 0.00889. The number of rotatable bonds is 9. The van der Waals surface area contributed by atoms with E-state index in [2.05, 4.69) is 5.32 Å². The zero-order chi connectivity index (χ0) is 25.6. The van der Waals surface area contributed by atoms with Crippen LogP contribution in [0.3, 0.4) is 0 Å². The normalized spacial score (nSPS) is 11.1. The van der Waals surface area contributed by atoms with Crippen LogP contribution >= 0.6 is 0 Å². The summed E-state index contributed by atoms with van der Waals surface area (Å²) in [6.07, 6.45) is 0.745. The number of anilines is 2. The van der Waals surface area contributed by atoms with Crippen molar-refractivity contribution in [3.63, 3.8) is 0 Å². The third-order valence-electron chi connectivity index (χ3n) is 5.66. The van der Waals surface area contributed by atoms with Crippen LogP contribution in [-0.2, 0) is 26.0 Å². The Kier molecular flexibility index (Phi) is 8.30. The molecule has 0 radical (unpaired) electrons. The lowest BCUT2D eigenvalue weighted by Crippen LogP contribution is -2.31. The van der Waals surface area contributed by atoms with Crippen LogP contribution in [0.5, 0.6) is 0 Å². The molecule has 3 rings (SSSR count). The standard InChI is InChI=1S/C27H30N2O5S/c1-5-21-12-10-11-20(4)26(21)28-25(30)18-34-27(31)22-16-15-19(3)24(17-22)35(32,33)29(6-2)23-13-8-7-9-14-23/h7-17H,5-6,18H2,1-4H3,(H,28,30). The molecule has 3 aromatic rings. The molecule has 0 spiro atoms. The Morgan fingerprint density at radius 3 is 2.29 bits per heavy atom. The molecule has 0 saturated heterocycles. The van der Waals surface area contributed by atoms with Crippen LogP contribution < -0.4 is 9.62 Å². The highest BCUT2D eigenvalue weighted by Crippen LogP contribution is 2.26. The molecule has 35 heavy (non-hydrogen) atoms. The number of carbonyl (C=O) groups is 2. The van der Waals surface area contributed by atoms with E-state index in [-0.39, 0.29) is 17.0 Å². The van der Waals surface area contributed by atoms with E-state index in [1.54, 1.807) is 44.2 Å². The number of hydrogen-bond donors (Lipinski definition) is 1. The van der Waals surface area contributed by atoms with Crippen LogP contribution in [0.2, 0.25) is 0 Å². The fraction of sp³-hybridized carbons (Fsp3) is 0.259. The van der Waals surface area contributed by atoms with Gasteiger partial charge in [0.15, 0.2) is 6.61 Å². The predicted octanol–water partition coefficient (Wildman–Crippen LogP) is 4.88. The lowest BCUT2D eigenvalue weighted by atomic mass is 10.1. The Morgan fingerprint density at radius 2 is 1.63 bits per heavy atom. The molecule has 7 nitrogen and oxygen atoms in total. The summed E-state index contributed by atoms with van der Waals surface area (Å²) in [5, 5.41) is 2.80. The van der Waals surface area contributed by atoms with Crippen LogP contribution in [0.1, 0.15) is 40.9 Å². The molecule has 0 fully saturated rings. The van der Waals surface area contributed by atoms with E-state index in [0.717, 1.165) is 17.5 Å². The number of carbonyl (C=O) groups excluding carboxylic acids is 2. The van der Waals surface area contributed by atoms with Crippen LogP contribution in [0.4, 0.5) is 11.4 Å². The number of aryl methyl sites for hydroxylation is 3. The average Bonchev–Trinajstić information content (AvgIpc) is 2.85. The lowest BCUT2D eigenvalue weighted by Gasteiger charge is -2.24. The lowest BCUT2D eigenvalue weighted by molar-refractivity contribution is -0.119. The minimum atomic E-state index is -3.93. The second kappa shape index (κ2) is 11.2. The number of para-hydroxylation sites is 2. The zero-order valence-corrected chi connectivity index (χ0v) is 21.2. The molecule has 3 aromatic carbocycles. The van der Waals surface area contributed by atoms with Crippen molar-refractivity contribution in [2.45, 2.75) is 39.0 Å². The highest BCUT2D eigenvalue weighted by atomic mass is 32.2. The molecule has 1 amide bonds. The van der Waals surface area contributed by atoms with Crippen molar-refractivity contribution < 1.29 is 22.7 Å². The summed E-state index contributed by atoms with van der Waals surface area (Å²) >= 11 is 0. The molecule has 1 N–H and O–H groups in total. The molecule has 184 valence electrons. The van der Waals surface area contributed by atoms with Crippen LogP contribution in [0.15, 0.2) is 71.6 Å². The Hall–Kier alpha value is -3.65. The average molecular weight is 495 g/mol. The topological polar surface area (TPSA) is 92.8 Å². The zero-order valence-electron chi connectivity index (χ0n) is 20.4. The number of sulfonamides is 1. The van der Waals surface area contributed by atoms with E-state index in [4.69, 9.17) is 4.74 Å². The van der Waals surface area contributed by atoms with E-state index in [9.17, 15) is 18.0 Å². The molecule has 8 heteroatoms. The Bertz CT molecular complexity index is 1320. The highest BCUT2D eigenvalue weighted by Gasteiger charge is 2.26. The van der Waals surface area contributed by atoms with Crippen LogP contribution in [-0.4, -0.2) is 33.4 Å². The largest absolute Gasteiger partial charge is 0.452 e. The maximum absolute atomic E-state index is 13.4. The molecule has 0 unspecified atom stereocenters. The molecule has 0 atom stereocenters. The summed E-state index contributed by atoms with van der Waals surface area (Å²) in [7, 11) is -3.93. The number of benzene rings is 3. The fourth-order valence-corrected chi connectivity index (χ4v) is 5.53. The van der Waals surface area contributed by atoms with E-state index in [0.29, 0.717) is 16.9 Å². The second-order valence-electron chi connectivity index (χ2n) is 8.07. The van der Waals surface area contributed by atoms with E-state index < -0.39 is 28.5 Å². The van der Waals surface area contributed by atoms with Crippen molar-refractivity contribution in [2.24, 2.45) is 0 Å². The van der Waals surface area contributed by atoms with E-state index in [1.165, 1.54) is 16.4 Å². The third-order valence-corrected chi connectivity index (χ3v) is 7.71. The number of hydrogen-bond acceptors (Lipinski definition) is 5. The molecule has 0 heterocycles. The van der Waals surface area contributed by atoms with Gasteiger partial charge in [0.2, 0.25) is 0 Å². The second-order valence-corrected chi connectivity index (χ2v) is 9.90. The van der Waals surface area contributed by atoms with E-state index >= 15 is 0 Å². The van der Waals surface area contributed by atoms with Gasteiger partial charge in [-0.25, -0.2) is 13.2 Å². The summed E-state index contributed by atoms with van der Waals surface area (Å²) in [5.74, 6) is -1.25. The van der Waals surface area contributed by atoms with Crippen molar-refractivity contribution in [1.82, 2.24) is 0 Å². The van der Waals surface area contributed by atoms with Gasteiger partial charge in [-0.15, -0.1) is 0 Å². The first-order chi connectivity index (χ1) is 16.7. The summed E-state index contributed by atoms with van der Waals surface area (Å²) in [4.78, 5) is 25.1. The van der Waals surface area contributed by atoms with Crippen molar-refractivity contribution in [1.29, 1.82) is 0 Å². The summed E-state index contributed by atoms with van der Waals surface area (Å²) in [6.45, 7) is 7.03. The maximum Gasteiger partial charge on any atom is 0.338 e. The fourth-order valence-electron chi connectivity index (χ4n) is 3.80. The van der Waals surface area contributed by atoms with Gasteiger partial charge < -0.3 is 10.1 Å². The Morgan fingerprint density at radius 1 is 0.914 bits per heavy atom. The number of ether oxygens (including phenoxy) is 1. The molecule has 0 saturated carbocycles. The molecular formula is C27H30N2O5S.